The molecule has 12 nitrogen and oxygen atoms in total. The standard InChI is InChI=1S/C64H123NO11S/c1-3-5-7-9-11-13-15-17-19-21-23-25-27-28-29-30-32-34-36-38-40-42-44-46-48-50-52-54-60(68)65-57(56-74-64-62(70)63(76-77(71,72)73)61(69)59(55-66)75-64)58(67)53-51-49-47-45-43-41-39-37-35-33-31-26-24-22-20-18-16-14-12-10-8-6-4-2/h23,25,28-29,57-59,61-64,66-67,69-70H,3-22,24,26-27,30-56H2,1-2H3,(H,65,68)(H,71,72,73)/b25-23-,29-28-. The molecule has 0 bridgehead atoms. The van der Waals surface area contributed by atoms with Gasteiger partial charge in [0.15, 0.2) is 6.29 Å². The first kappa shape index (κ1) is 73.6. The van der Waals surface area contributed by atoms with Gasteiger partial charge in [0.05, 0.1) is 25.4 Å². The van der Waals surface area contributed by atoms with Crippen LogP contribution in [-0.2, 0) is 28.9 Å². The molecule has 0 radical (unpaired) electrons. The zero-order valence-corrected chi connectivity index (χ0v) is 50.6. The van der Waals surface area contributed by atoms with Gasteiger partial charge in [-0.2, -0.15) is 8.42 Å². The number of rotatable bonds is 58. The van der Waals surface area contributed by atoms with E-state index in [1.165, 1.54) is 238 Å². The van der Waals surface area contributed by atoms with Gasteiger partial charge in [-0.1, -0.05) is 295 Å². The van der Waals surface area contributed by atoms with E-state index in [1.807, 2.05) is 0 Å². The number of ether oxygens (including phenoxy) is 2. The summed E-state index contributed by atoms with van der Waals surface area (Å²) in [5.41, 5.74) is 0. The number of aliphatic hydroxyl groups excluding tert-OH is 4. The van der Waals surface area contributed by atoms with Crippen LogP contribution in [0.2, 0.25) is 0 Å². The van der Waals surface area contributed by atoms with Gasteiger partial charge in [0, 0.05) is 6.42 Å². The fraction of sp³-hybridized carbons (Fsp3) is 0.922. The van der Waals surface area contributed by atoms with E-state index >= 15 is 0 Å². The first-order valence-corrected chi connectivity index (χ1v) is 34.1. The number of carbonyl (C=O) groups excluding carboxylic acids is 1. The first-order chi connectivity index (χ1) is 37.5. The van der Waals surface area contributed by atoms with Crippen LogP contribution >= 0.6 is 0 Å². The maximum atomic E-state index is 13.2. The fourth-order valence-electron chi connectivity index (χ4n) is 10.7. The van der Waals surface area contributed by atoms with Gasteiger partial charge in [0.2, 0.25) is 5.91 Å². The van der Waals surface area contributed by atoms with Crippen molar-refractivity contribution in [3.8, 4) is 0 Å². The first-order valence-electron chi connectivity index (χ1n) is 32.7. The second-order valence-electron chi connectivity index (χ2n) is 23.1. The average Bonchev–Trinajstić information content (AvgIpc) is 3.41. The summed E-state index contributed by atoms with van der Waals surface area (Å²) in [6, 6.07) is -0.860. The molecule has 0 aromatic carbocycles. The lowest BCUT2D eigenvalue weighted by Gasteiger charge is -2.41. The number of carbonyl (C=O) groups is 1. The highest BCUT2D eigenvalue weighted by molar-refractivity contribution is 7.80. The SMILES string of the molecule is CCCCCCCCCCC/C=C\C/C=C\CCCCCCCCCCCCCC(=O)NC(COC1OC(CO)C(O)C(OS(=O)(=O)O)C1O)C(O)CCCCCCCCCCCCCCCCCCCCCCCCC. The maximum absolute atomic E-state index is 13.2. The maximum Gasteiger partial charge on any atom is 0.397 e. The van der Waals surface area contributed by atoms with E-state index in [9.17, 15) is 38.2 Å². The molecule has 456 valence electrons. The molecule has 1 aliphatic heterocycles. The molecule has 6 N–H and O–H groups in total. The molecule has 0 aromatic heterocycles. The minimum Gasteiger partial charge on any atom is -0.394 e. The van der Waals surface area contributed by atoms with Crippen LogP contribution in [0.25, 0.3) is 0 Å². The van der Waals surface area contributed by atoms with E-state index in [2.05, 4.69) is 47.7 Å². The smallest absolute Gasteiger partial charge is 0.394 e. The molecule has 0 spiro atoms. The minimum absolute atomic E-state index is 0.227. The lowest BCUT2D eigenvalue weighted by Crippen LogP contribution is -2.61. The van der Waals surface area contributed by atoms with Gasteiger partial charge in [-0.05, 0) is 44.9 Å². The Balaban J connectivity index is 2.29. The third kappa shape index (κ3) is 45.8. The van der Waals surface area contributed by atoms with Crippen molar-refractivity contribution < 1.29 is 51.8 Å². The van der Waals surface area contributed by atoms with Crippen molar-refractivity contribution in [1.29, 1.82) is 0 Å². The summed E-state index contributed by atoms with van der Waals surface area (Å²) in [6.07, 6.45) is 59.1. The van der Waals surface area contributed by atoms with Gasteiger partial charge < -0.3 is 35.2 Å². The van der Waals surface area contributed by atoms with Crippen molar-refractivity contribution >= 4 is 16.3 Å². The van der Waals surface area contributed by atoms with Crippen LogP contribution in [0.3, 0.4) is 0 Å². The number of amides is 1. The molecule has 77 heavy (non-hydrogen) atoms. The predicted octanol–water partition coefficient (Wildman–Crippen LogP) is 16.4. The Bertz CT molecular complexity index is 1450. The van der Waals surface area contributed by atoms with Gasteiger partial charge in [0.1, 0.15) is 24.4 Å². The molecule has 1 heterocycles. The average molecular weight is 1110 g/mol. The van der Waals surface area contributed by atoms with E-state index in [-0.39, 0.29) is 12.5 Å². The van der Waals surface area contributed by atoms with Crippen LogP contribution in [0.4, 0.5) is 0 Å². The Morgan fingerprint density at radius 1 is 0.519 bits per heavy atom. The van der Waals surface area contributed by atoms with E-state index in [0.717, 1.165) is 51.4 Å². The third-order valence-corrected chi connectivity index (χ3v) is 16.2. The lowest BCUT2D eigenvalue weighted by atomic mass is 9.99. The summed E-state index contributed by atoms with van der Waals surface area (Å²) >= 11 is 0. The van der Waals surface area contributed by atoms with Crippen molar-refractivity contribution in [2.75, 3.05) is 13.2 Å². The largest absolute Gasteiger partial charge is 0.397 e. The zero-order valence-electron chi connectivity index (χ0n) is 49.8. The van der Waals surface area contributed by atoms with Crippen LogP contribution in [0.15, 0.2) is 24.3 Å². The summed E-state index contributed by atoms with van der Waals surface area (Å²) < 4.78 is 48.1. The summed E-state index contributed by atoms with van der Waals surface area (Å²) in [6.45, 7) is 3.51. The Labute approximate surface area is 473 Å². The van der Waals surface area contributed by atoms with Gasteiger partial charge in [0.25, 0.3) is 0 Å². The van der Waals surface area contributed by atoms with E-state index in [0.29, 0.717) is 19.3 Å². The van der Waals surface area contributed by atoms with Crippen LogP contribution < -0.4 is 5.32 Å². The molecule has 1 saturated heterocycles. The molecule has 1 aliphatic rings. The van der Waals surface area contributed by atoms with Gasteiger partial charge in [-0.3, -0.25) is 9.35 Å². The predicted molar refractivity (Wildman–Crippen MR) is 319 cm³/mol. The van der Waals surface area contributed by atoms with E-state index in [4.69, 9.17) is 9.47 Å². The van der Waals surface area contributed by atoms with Crippen LogP contribution in [-0.4, -0.2) is 95.4 Å². The highest BCUT2D eigenvalue weighted by atomic mass is 32.3. The Morgan fingerprint density at radius 2 is 0.870 bits per heavy atom. The van der Waals surface area contributed by atoms with Crippen molar-refractivity contribution in [2.45, 2.75) is 365 Å². The molecule has 1 fully saturated rings. The Hall–Kier alpha value is -1.42. The van der Waals surface area contributed by atoms with Crippen LogP contribution in [0.1, 0.15) is 322 Å². The molecule has 1 amide bonds. The quantitative estimate of drug-likeness (QED) is 0.0193. The number of aliphatic hydroxyl groups is 4. The summed E-state index contributed by atoms with van der Waals surface area (Å²) in [5, 5.41) is 45.3. The summed E-state index contributed by atoms with van der Waals surface area (Å²) in [7, 11) is -5.08. The topological polar surface area (TPSA) is 192 Å². The molecule has 7 unspecified atom stereocenters. The highest BCUT2D eigenvalue weighted by Gasteiger charge is 2.48. The Kier molecular flexibility index (Phi) is 51.5. The van der Waals surface area contributed by atoms with Crippen LogP contribution in [0.5, 0.6) is 0 Å². The highest BCUT2D eigenvalue weighted by Crippen LogP contribution is 2.26. The number of allylic oxidation sites excluding steroid dienone is 4. The number of hydrogen-bond donors (Lipinski definition) is 6. The number of unbranched alkanes of at least 4 members (excludes halogenated alkanes) is 42. The summed E-state index contributed by atoms with van der Waals surface area (Å²) in [4.78, 5) is 13.2. The molecular formula is C64H123NO11S. The summed E-state index contributed by atoms with van der Waals surface area (Å²) in [5.74, 6) is -0.227. The van der Waals surface area contributed by atoms with Gasteiger partial charge >= 0.3 is 10.4 Å². The van der Waals surface area contributed by atoms with Gasteiger partial charge in [-0.15, -0.1) is 0 Å². The lowest BCUT2D eigenvalue weighted by molar-refractivity contribution is -0.298. The molecule has 0 saturated carbocycles. The molecular weight excluding hydrogens is 991 g/mol. The zero-order chi connectivity index (χ0) is 56.1. The van der Waals surface area contributed by atoms with Crippen molar-refractivity contribution in [3.63, 3.8) is 0 Å². The van der Waals surface area contributed by atoms with E-state index < -0.39 is 59.9 Å². The normalized spacial score (nSPS) is 19.0. The minimum atomic E-state index is -5.08. The van der Waals surface area contributed by atoms with Crippen LogP contribution in [0, 0.1) is 0 Å². The number of hydrogen-bond acceptors (Lipinski definition) is 10. The number of nitrogens with one attached hydrogen (secondary N) is 1. The second kappa shape index (κ2) is 53.9. The molecule has 0 aromatic rings. The van der Waals surface area contributed by atoms with Crippen molar-refractivity contribution in [3.05, 3.63) is 24.3 Å². The molecule has 7 atom stereocenters. The molecule has 13 heteroatoms. The van der Waals surface area contributed by atoms with Crippen molar-refractivity contribution in [2.24, 2.45) is 0 Å². The van der Waals surface area contributed by atoms with Gasteiger partial charge in [-0.25, -0.2) is 4.18 Å². The van der Waals surface area contributed by atoms with Crippen molar-refractivity contribution in [1.82, 2.24) is 5.32 Å². The molecule has 0 aliphatic carbocycles. The third-order valence-electron chi connectivity index (χ3n) is 15.8. The fourth-order valence-corrected chi connectivity index (χ4v) is 11.2. The second-order valence-corrected chi connectivity index (χ2v) is 24.1. The van der Waals surface area contributed by atoms with E-state index in [1.54, 1.807) is 0 Å². The monoisotopic (exact) mass is 1110 g/mol. The Morgan fingerprint density at radius 3 is 1.23 bits per heavy atom. The molecule has 1 rings (SSSR count).